The SMILES string of the molecule is CCOC1CC(NC(=O)c2ccc(CN)cn2)C1. The Morgan fingerprint density at radius 3 is 2.89 bits per heavy atom. The van der Waals surface area contributed by atoms with E-state index in [9.17, 15) is 4.79 Å². The largest absolute Gasteiger partial charge is 0.378 e. The van der Waals surface area contributed by atoms with Crippen LogP contribution in [0, 0.1) is 0 Å². The Kier molecular flexibility index (Phi) is 4.28. The van der Waals surface area contributed by atoms with Gasteiger partial charge in [0.2, 0.25) is 0 Å². The zero-order valence-corrected chi connectivity index (χ0v) is 10.6. The molecule has 0 saturated heterocycles. The lowest BCUT2D eigenvalue weighted by atomic mass is 9.89. The van der Waals surface area contributed by atoms with Crippen molar-refractivity contribution in [2.75, 3.05) is 6.61 Å². The highest BCUT2D eigenvalue weighted by Crippen LogP contribution is 2.23. The maximum absolute atomic E-state index is 11.9. The van der Waals surface area contributed by atoms with E-state index in [0.717, 1.165) is 25.0 Å². The lowest BCUT2D eigenvalue weighted by molar-refractivity contribution is -0.00867. The van der Waals surface area contributed by atoms with Crippen molar-refractivity contribution in [2.45, 2.75) is 38.5 Å². The van der Waals surface area contributed by atoms with Crippen LogP contribution in [-0.2, 0) is 11.3 Å². The van der Waals surface area contributed by atoms with Gasteiger partial charge in [-0.15, -0.1) is 0 Å². The minimum Gasteiger partial charge on any atom is -0.378 e. The minimum atomic E-state index is -0.126. The van der Waals surface area contributed by atoms with Crippen LogP contribution in [0.3, 0.4) is 0 Å². The summed E-state index contributed by atoms with van der Waals surface area (Å²) in [7, 11) is 0. The van der Waals surface area contributed by atoms with Crippen LogP contribution in [0.15, 0.2) is 18.3 Å². The molecule has 1 fully saturated rings. The van der Waals surface area contributed by atoms with Crippen LogP contribution in [0.1, 0.15) is 35.8 Å². The standard InChI is InChI=1S/C13H19N3O2/c1-2-18-11-5-10(6-11)16-13(17)12-4-3-9(7-14)8-15-12/h3-4,8,10-11H,2,5-7,14H2,1H3,(H,16,17). The molecule has 0 bridgehead atoms. The number of hydrogen-bond donors (Lipinski definition) is 2. The van der Waals surface area contributed by atoms with E-state index in [-0.39, 0.29) is 11.9 Å². The van der Waals surface area contributed by atoms with Crippen LogP contribution in [0.25, 0.3) is 0 Å². The first-order valence-corrected chi connectivity index (χ1v) is 6.30. The molecule has 0 aromatic carbocycles. The fourth-order valence-electron chi connectivity index (χ4n) is 1.99. The summed E-state index contributed by atoms with van der Waals surface area (Å²) in [6.07, 6.45) is 3.72. The van der Waals surface area contributed by atoms with E-state index in [1.54, 1.807) is 12.3 Å². The van der Waals surface area contributed by atoms with Crippen LogP contribution < -0.4 is 11.1 Å². The summed E-state index contributed by atoms with van der Waals surface area (Å²) >= 11 is 0. The van der Waals surface area contributed by atoms with Crippen LogP contribution in [0.5, 0.6) is 0 Å². The highest BCUT2D eigenvalue weighted by Gasteiger charge is 2.30. The molecule has 1 amide bonds. The number of rotatable bonds is 5. The van der Waals surface area contributed by atoms with Crippen molar-refractivity contribution in [1.82, 2.24) is 10.3 Å². The second-order valence-corrected chi connectivity index (χ2v) is 4.47. The number of pyridine rings is 1. The molecule has 0 atom stereocenters. The zero-order chi connectivity index (χ0) is 13.0. The normalized spacial score (nSPS) is 22.3. The van der Waals surface area contributed by atoms with Crippen molar-refractivity contribution in [3.8, 4) is 0 Å². The monoisotopic (exact) mass is 249 g/mol. The predicted molar refractivity (Wildman–Crippen MR) is 68.0 cm³/mol. The average molecular weight is 249 g/mol. The van der Waals surface area contributed by atoms with E-state index < -0.39 is 0 Å². The molecule has 1 saturated carbocycles. The smallest absolute Gasteiger partial charge is 0.270 e. The van der Waals surface area contributed by atoms with Crippen molar-refractivity contribution in [2.24, 2.45) is 5.73 Å². The lowest BCUT2D eigenvalue weighted by Crippen LogP contribution is -2.48. The van der Waals surface area contributed by atoms with Gasteiger partial charge in [0.15, 0.2) is 0 Å². The molecular weight excluding hydrogens is 230 g/mol. The summed E-state index contributed by atoms with van der Waals surface area (Å²) in [6.45, 7) is 3.15. The van der Waals surface area contributed by atoms with Crippen LogP contribution in [-0.4, -0.2) is 29.6 Å². The van der Waals surface area contributed by atoms with Gasteiger partial charge in [-0.25, -0.2) is 0 Å². The van der Waals surface area contributed by atoms with Gasteiger partial charge in [-0.3, -0.25) is 9.78 Å². The molecule has 1 aromatic heterocycles. The maximum atomic E-state index is 11.9. The molecule has 98 valence electrons. The third-order valence-corrected chi connectivity index (χ3v) is 3.13. The van der Waals surface area contributed by atoms with Gasteiger partial charge < -0.3 is 15.8 Å². The first-order valence-electron chi connectivity index (χ1n) is 6.30. The summed E-state index contributed by atoms with van der Waals surface area (Å²) in [5.74, 6) is -0.126. The van der Waals surface area contributed by atoms with Gasteiger partial charge in [0.1, 0.15) is 5.69 Å². The van der Waals surface area contributed by atoms with E-state index >= 15 is 0 Å². The zero-order valence-electron chi connectivity index (χ0n) is 10.6. The Labute approximate surface area is 107 Å². The van der Waals surface area contributed by atoms with E-state index in [1.165, 1.54) is 0 Å². The molecule has 5 nitrogen and oxygen atoms in total. The molecule has 5 heteroatoms. The highest BCUT2D eigenvalue weighted by atomic mass is 16.5. The maximum Gasteiger partial charge on any atom is 0.270 e. The number of ether oxygens (including phenoxy) is 1. The Morgan fingerprint density at radius 2 is 2.33 bits per heavy atom. The molecule has 0 radical (unpaired) electrons. The first kappa shape index (κ1) is 13.0. The second kappa shape index (κ2) is 5.93. The molecule has 0 unspecified atom stereocenters. The molecule has 1 heterocycles. The molecule has 3 N–H and O–H groups in total. The van der Waals surface area contributed by atoms with Crippen molar-refractivity contribution < 1.29 is 9.53 Å². The number of aromatic nitrogens is 1. The van der Waals surface area contributed by atoms with Gasteiger partial charge in [0, 0.05) is 25.4 Å². The van der Waals surface area contributed by atoms with E-state index in [1.807, 2.05) is 13.0 Å². The van der Waals surface area contributed by atoms with Crippen molar-refractivity contribution in [1.29, 1.82) is 0 Å². The summed E-state index contributed by atoms with van der Waals surface area (Å²) in [6, 6.07) is 3.74. The van der Waals surface area contributed by atoms with Crippen LogP contribution in [0.2, 0.25) is 0 Å². The topological polar surface area (TPSA) is 77.2 Å². The Balaban J connectivity index is 1.81. The molecule has 0 spiro atoms. The Morgan fingerprint density at radius 1 is 1.56 bits per heavy atom. The van der Waals surface area contributed by atoms with Gasteiger partial charge in [-0.05, 0) is 31.4 Å². The summed E-state index contributed by atoms with van der Waals surface area (Å²) in [5, 5.41) is 2.95. The van der Waals surface area contributed by atoms with Crippen molar-refractivity contribution in [3.63, 3.8) is 0 Å². The average Bonchev–Trinajstić information content (AvgIpc) is 2.36. The molecular formula is C13H19N3O2. The number of carbonyl (C=O) groups is 1. The predicted octanol–water partition coefficient (Wildman–Crippen LogP) is 0.838. The Bertz CT molecular complexity index is 399. The quantitative estimate of drug-likeness (QED) is 0.810. The summed E-state index contributed by atoms with van der Waals surface area (Å²) in [5.41, 5.74) is 6.84. The van der Waals surface area contributed by atoms with Gasteiger partial charge in [-0.1, -0.05) is 6.07 Å². The molecule has 1 aliphatic carbocycles. The van der Waals surface area contributed by atoms with E-state index in [4.69, 9.17) is 10.5 Å². The number of amides is 1. The fourth-order valence-corrected chi connectivity index (χ4v) is 1.99. The lowest BCUT2D eigenvalue weighted by Gasteiger charge is -2.35. The van der Waals surface area contributed by atoms with Crippen molar-refractivity contribution in [3.05, 3.63) is 29.6 Å². The van der Waals surface area contributed by atoms with Crippen molar-refractivity contribution >= 4 is 5.91 Å². The van der Waals surface area contributed by atoms with E-state index in [2.05, 4.69) is 10.3 Å². The van der Waals surface area contributed by atoms with Gasteiger partial charge in [-0.2, -0.15) is 0 Å². The number of carbonyl (C=O) groups excluding carboxylic acids is 1. The third-order valence-electron chi connectivity index (χ3n) is 3.13. The number of nitrogens with one attached hydrogen (secondary N) is 1. The Hall–Kier alpha value is -1.46. The number of nitrogens with two attached hydrogens (primary N) is 1. The first-order chi connectivity index (χ1) is 8.72. The molecule has 1 aromatic rings. The van der Waals surface area contributed by atoms with Crippen LogP contribution in [0.4, 0.5) is 0 Å². The summed E-state index contributed by atoms with van der Waals surface area (Å²) in [4.78, 5) is 16.0. The minimum absolute atomic E-state index is 0.126. The molecule has 2 rings (SSSR count). The summed E-state index contributed by atoms with van der Waals surface area (Å²) < 4.78 is 5.44. The van der Waals surface area contributed by atoms with Gasteiger partial charge >= 0.3 is 0 Å². The molecule has 0 aliphatic heterocycles. The van der Waals surface area contributed by atoms with E-state index in [0.29, 0.717) is 18.3 Å². The third kappa shape index (κ3) is 3.05. The highest BCUT2D eigenvalue weighted by molar-refractivity contribution is 5.92. The van der Waals surface area contributed by atoms with Gasteiger partial charge in [0.05, 0.1) is 6.10 Å². The molecule has 18 heavy (non-hydrogen) atoms. The fraction of sp³-hybridized carbons (Fsp3) is 0.538. The number of hydrogen-bond acceptors (Lipinski definition) is 4. The molecule has 1 aliphatic rings. The second-order valence-electron chi connectivity index (χ2n) is 4.47. The van der Waals surface area contributed by atoms with Gasteiger partial charge in [0.25, 0.3) is 5.91 Å². The van der Waals surface area contributed by atoms with Crippen LogP contribution >= 0.6 is 0 Å². The number of nitrogens with zero attached hydrogens (tertiary/aromatic N) is 1.